The number of aliphatic hydroxyl groups is 1. The Labute approximate surface area is 183 Å². The van der Waals surface area contributed by atoms with Crippen LogP contribution < -0.4 is 9.47 Å². The molecule has 0 atom stereocenters. The molecule has 162 valence electrons. The lowest BCUT2D eigenvalue weighted by molar-refractivity contribution is 0.0727. The van der Waals surface area contributed by atoms with Crippen molar-refractivity contribution in [3.8, 4) is 11.5 Å². The summed E-state index contributed by atoms with van der Waals surface area (Å²) in [6.07, 6.45) is 1.84. The van der Waals surface area contributed by atoms with Crippen LogP contribution in [-0.2, 0) is 19.8 Å². The van der Waals surface area contributed by atoms with E-state index in [-0.39, 0.29) is 25.2 Å². The van der Waals surface area contributed by atoms with Gasteiger partial charge in [0.1, 0.15) is 17.4 Å². The molecule has 0 saturated heterocycles. The number of rotatable bonds is 9. The second-order valence-electron chi connectivity index (χ2n) is 7.30. The van der Waals surface area contributed by atoms with Gasteiger partial charge in [-0.05, 0) is 37.1 Å². The molecule has 1 saturated carbocycles. The van der Waals surface area contributed by atoms with Crippen molar-refractivity contribution in [2.24, 2.45) is 0 Å². The standard InChI is InChI=1S/C23H23FN2O4S/c1-29-20-7-3-5-16(22(20)30-13-21-25-18(12-27)14-31-21)11-26(19-8-9-19)23(28)15-4-2-6-17(24)10-15/h2-7,10,14,19,27H,8-9,11-13H2,1H3. The van der Waals surface area contributed by atoms with Crippen molar-refractivity contribution in [3.05, 3.63) is 75.5 Å². The first-order valence-electron chi connectivity index (χ1n) is 9.98. The fourth-order valence-electron chi connectivity index (χ4n) is 3.36. The normalized spacial score (nSPS) is 13.1. The summed E-state index contributed by atoms with van der Waals surface area (Å²) in [5.74, 6) is 0.467. The molecule has 1 N–H and O–H groups in total. The van der Waals surface area contributed by atoms with Gasteiger partial charge in [0.15, 0.2) is 11.5 Å². The maximum Gasteiger partial charge on any atom is 0.254 e. The Morgan fingerprint density at radius 3 is 2.77 bits per heavy atom. The van der Waals surface area contributed by atoms with Crippen molar-refractivity contribution in [2.75, 3.05) is 7.11 Å². The number of hydrogen-bond donors (Lipinski definition) is 1. The number of carbonyl (C=O) groups is 1. The van der Waals surface area contributed by atoms with Gasteiger partial charge in [0, 0.05) is 22.5 Å². The van der Waals surface area contributed by atoms with Crippen LogP contribution in [0.3, 0.4) is 0 Å². The third kappa shape index (κ3) is 5.03. The van der Waals surface area contributed by atoms with Gasteiger partial charge in [-0.1, -0.05) is 18.2 Å². The zero-order chi connectivity index (χ0) is 21.8. The van der Waals surface area contributed by atoms with Gasteiger partial charge in [0.2, 0.25) is 0 Å². The number of amides is 1. The van der Waals surface area contributed by atoms with E-state index in [9.17, 15) is 14.3 Å². The minimum absolute atomic E-state index is 0.116. The summed E-state index contributed by atoms with van der Waals surface area (Å²) >= 11 is 1.41. The molecule has 0 radical (unpaired) electrons. The highest BCUT2D eigenvalue weighted by Gasteiger charge is 2.34. The Balaban J connectivity index is 1.58. The topological polar surface area (TPSA) is 71.9 Å². The number of thiazole rings is 1. The number of nitrogens with zero attached hydrogens (tertiary/aromatic N) is 2. The van der Waals surface area contributed by atoms with Crippen molar-refractivity contribution < 1.29 is 23.8 Å². The Kier molecular flexibility index (Phi) is 6.48. The maximum absolute atomic E-state index is 13.7. The van der Waals surface area contributed by atoms with Crippen molar-refractivity contribution in [3.63, 3.8) is 0 Å². The van der Waals surface area contributed by atoms with Gasteiger partial charge in [0.25, 0.3) is 5.91 Å². The highest BCUT2D eigenvalue weighted by molar-refractivity contribution is 7.09. The molecule has 1 amide bonds. The van der Waals surface area contributed by atoms with E-state index in [1.165, 1.54) is 23.5 Å². The number of para-hydroxylation sites is 1. The van der Waals surface area contributed by atoms with E-state index in [1.807, 2.05) is 12.1 Å². The fourth-order valence-corrected chi connectivity index (χ4v) is 4.05. The number of carbonyl (C=O) groups excluding carboxylic acids is 1. The molecule has 2 aromatic carbocycles. The van der Waals surface area contributed by atoms with Gasteiger partial charge < -0.3 is 19.5 Å². The molecule has 1 heterocycles. The number of hydrogen-bond acceptors (Lipinski definition) is 6. The van der Waals surface area contributed by atoms with E-state index in [2.05, 4.69) is 4.98 Å². The van der Waals surface area contributed by atoms with Gasteiger partial charge in [0.05, 0.1) is 26.0 Å². The van der Waals surface area contributed by atoms with Gasteiger partial charge in [-0.3, -0.25) is 4.79 Å². The quantitative estimate of drug-likeness (QED) is 0.539. The van der Waals surface area contributed by atoms with Crippen molar-refractivity contribution >= 4 is 17.2 Å². The number of halogens is 1. The summed E-state index contributed by atoms with van der Waals surface area (Å²) in [7, 11) is 1.57. The Bertz CT molecular complexity index is 1070. The number of methoxy groups -OCH3 is 1. The van der Waals surface area contributed by atoms with Gasteiger partial charge >= 0.3 is 0 Å². The van der Waals surface area contributed by atoms with Crippen LogP contribution in [0.2, 0.25) is 0 Å². The highest BCUT2D eigenvalue weighted by atomic mass is 32.1. The molecule has 4 rings (SSSR count). The third-order valence-corrected chi connectivity index (χ3v) is 5.91. The van der Waals surface area contributed by atoms with Crippen molar-refractivity contribution in [2.45, 2.75) is 38.6 Å². The minimum Gasteiger partial charge on any atom is -0.493 e. The van der Waals surface area contributed by atoms with Crippen LogP contribution in [0.5, 0.6) is 11.5 Å². The highest BCUT2D eigenvalue weighted by Crippen LogP contribution is 2.36. The summed E-state index contributed by atoms with van der Waals surface area (Å²) in [6, 6.07) is 11.4. The number of benzene rings is 2. The Morgan fingerprint density at radius 1 is 1.29 bits per heavy atom. The first-order chi connectivity index (χ1) is 15.1. The van der Waals surface area contributed by atoms with E-state index in [4.69, 9.17) is 9.47 Å². The van der Waals surface area contributed by atoms with Gasteiger partial charge in [-0.15, -0.1) is 11.3 Å². The van der Waals surface area contributed by atoms with Crippen LogP contribution in [-0.4, -0.2) is 34.0 Å². The fraction of sp³-hybridized carbons (Fsp3) is 0.304. The molecular weight excluding hydrogens is 419 g/mol. The van der Waals surface area contributed by atoms with Crippen LogP contribution >= 0.6 is 11.3 Å². The van der Waals surface area contributed by atoms with Crippen LogP contribution in [0.4, 0.5) is 4.39 Å². The molecule has 0 aliphatic heterocycles. The summed E-state index contributed by atoms with van der Waals surface area (Å²) < 4.78 is 25.2. The van der Waals surface area contributed by atoms with E-state index < -0.39 is 5.82 Å². The van der Waals surface area contributed by atoms with E-state index >= 15 is 0 Å². The maximum atomic E-state index is 13.7. The molecule has 0 bridgehead atoms. The molecular formula is C23H23FN2O4S. The van der Waals surface area contributed by atoms with Gasteiger partial charge in [-0.2, -0.15) is 0 Å². The lowest BCUT2D eigenvalue weighted by atomic mass is 10.1. The van der Waals surface area contributed by atoms with E-state index in [1.54, 1.807) is 35.6 Å². The predicted molar refractivity (Wildman–Crippen MR) is 115 cm³/mol. The number of aliphatic hydroxyl groups excluding tert-OH is 1. The zero-order valence-corrected chi connectivity index (χ0v) is 17.9. The van der Waals surface area contributed by atoms with Crippen molar-refractivity contribution in [1.82, 2.24) is 9.88 Å². The SMILES string of the molecule is COc1cccc(CN(C(=O)c2cccc(F)c2)C2CC2)c1OCc1nc(CO)cs1. The zero-order valence-electron chi connectivity index (χ0n) is 17.1. The first kappa shape index (κ1) is 21.3. The average Bonchev–Trinajstić information content (AvgIpc) is 3.53. The Morgan fingerprint density at radius 2 is 2.10 bits per heavy atom. The molecule has 0 unspecified atom stereocenters. The molecule has 1 fully saturated rings. The van der Waals surface area contributed by atoms with E-state index in [0.29, 0.717) is 29.3 Å². The monoisotopic (exact) mass is 442 g/mol. The summed E-state index contributed by atoms with van der Waals surface area (Å²) in [4.78, 5) is 19.2. The molecule has 0 spiro atoms. The molecule has 6 nitrogen and oxygen atoms in total. The van der Waals surface area contributed by atoms with Crippen LogP contribution in [0.15, 0.2) is 47.8 Å². The van der Waals surface area contributed by atoms with Crippen LogP contribution in [0.25, 0.3) is 0 Å². The summed E-state index contributed by atoms with van der Waals surface area (Å²) in [6.45, 7) is 0.431. The minimum atomic E-state index is -0.433. The molecule has 8 heteroatoms. The lowest BCUT2D eigenvalue weighted by Gasteiger charge is -2.24. The first-order valence-corrected chi connectivity index (χ1v) is 10.9. The summed E-state index contributed by atoms with van der Waals surface area (Å²) in [5.41, 5.74) is 1.73. The van der Waals surface area contributed by atoms with Crippen LogP contribution in [0, 0.1) is 5.82 Å². The van der Waals surface area contributed by atoms with Crippen LogP contribution in [0.1, 0.15) is 39.5 Å². The molecule has 1 aliphatic rings. The largest absolute Gasteiger partial charge is 0.493 e. The molecule has 1 aromatic heterocycles. The molecule has 1 aliphatic carbocycles. The second-order valence-corrected chi connectivity index (χ2v) is 8.25. The number of aromatic nitrogens is 1. The lowest BCUT2D eigenvalue weighted by Crippen LogP contribution is -2.32. The molecule has 31 heavy (non-hydrogen) atoms. The van der Waals surface area contributed by atoms with Crippen molar-refractivity contribution in [1.29, 1.82) is 0 Å². The summed E-state index contributed by atoms with van der Waals surface area (Å²) in [5, 5.41) is 11.7. The van der Waals surface area contributed by atoms with E-state index in [0.717, 1.165) is 23.4 Å². The third-order valence-electron chi connectivity index (χ3n) is 5.04. The second kappa shape index (κ2) is 9.45. The average molecular weight is 443 g/mol. The molecule has 3 aromatic rings. The number of ether oxygens (including phenoxy) is 2. The predicted octanol–water partition coefficient (Wildman–Crippen LogP) is 4.17. The Hall–Kier alpha value is -2.97. The smallest absolute Gasteiger partial charge is 0.254 e. The van der Waals surface area contributed by atoms with Gasteiger partial charge in [-0.25, -0.2) is 9.37 Å².